The summed E-state index contributed by atoms with van der Waals surface area (Å²) in [5.41, 5.74) is 0. The van der Waals surface area contributed by atoms with E-state index >= 15 is 0 Å². The largest absolute Gasteiger partial charge is 0.352 e. The molecule has 0 saturated heterocycles. The van der Waals surface area contributed by atoms with Crippen LogP contribution in [0.15, 0.2) is 18.2 Å². The first-order valence-electron chi connectivity index (χ1n) is 6.63. The van der Waals surface area contributed by atoms with Crippen LogP contribution in [0.4, 0.5) is 4.39 Å². The molecule has 1 saturated carbocycles. The lowest BCUT2D eigenvalue weighted by molar-refractivity contribution is -0.122. The molecule has 2 aromatic rings. The Labute approximate surface area is 134 Å². The summed E-state index contributed by atoms with van der Waals surface area (Å²) in [6, 6.07) is 5.78. The highest BCUT2D eigenvalue weighted by atomic mass is 35.5. The highest BCUT2D eigenvalue weighted by Crippen LogP contribution is 2.37. The van der Waals surface area contributed by atoms with Crippen LogP contribution in [0, 0.1) is 23.1 Å². The quantitative estimate of drug-likeness (QED) is 0.688. The lowest BCUT2D eigenvalue weighted by Crippen LogP contribution is -2.35. The van der Waals surface area contributed by atoms with Crippen LogP contribution >= 0.6 is 22.9 Å². The fourth-order valence-electron chi connectivity index (χ4n) is 2.08. The van der Waals surface area contributed by atoms with Crippen LogP contribution in [0.5, 0.6) is 0 Å². The SMILES string of the molecule is N#CC(C(=O)NC1CC1)C(=O)c1sc2cc(F)ccc2c1Cl. The van der Waals surface area contributed by atoms with Gasteiger partial charge in [-0.05, 0) is 31.0 Å². The predicted octanol–water partition coefficient (Wildman–Crippen LogP) is 3.29. The van der Waals surface area contributed by atoms with E-state index in [0.29, 0.717) is 10.1 Å². The van der Waals surface area contributed by atoms with Crippen LogP contribution in [-0.4, -0.2) is 17.7 Å². The maximum atomic E-state index is 13.2. The average molecular weight is 337 g/mol. The summed E-state index contributed by atoms with van der Waals surface area (Å²) in [4.78, 5) is 24.5. The molecular weight excluding hydrogens is 327 g/mol. The molecule has 0 bridgehead atoms. The molecule has 1 aliphatic carbocycles. The summed E-state index contributed by atoms with van der Waals surface area (Å²) in [7, 11) is 0. The molecule has 112 valence electrons. The average Bonchev–Trinajstić information content (AvgIpc) is 3.22. The fraction of sp³-hybridized carbons (Fsp3) is 0.267. The van der Waals surface area contributed by atoms with Crippen LogP contribution in [0.2, 0.25) is 5.02 Å². The number of thiophene rings is 1. The van der Waals surface area contributed by atoms with Crippen molar-refractivity contribution >= 4 is 44.7 Å². The molecule has 0 aliphatic heterocycles. The van der Waals surface area contributed by atoms with Crippen molar-refractivity contribution in [1.29, 1.82) is 5.26 Å². The van der Waals surface area contributed by atoms with Crippen molar-refractivity contribution in [2.24, 2.45) is 5.92 Å². The van der Waals surface area contributed by atoms with Crippen molar-refractivity contribution in [3.8, 4) is 6.07 Å². The summed E-state index contributed by atoms with van der Waals surface area (Å²) >= 11 is 7.14. The summed E-state index contributed by atoms with van der Waals surface area (Å²) in [6.07, 6.45) is 1.72. The summed E-state index contributed by atoms with van der Waals surface area (Å²) in [6.45, 7) is 0. The number of nitriles is 1. The Morgan fingerprint density at radius 3 is 2.82 bits per heavy atom. The first-order chi connectivity index (χ1) is 10.5. The highest BCUT2D eigenvalue weighted by molar-refractivity contribution is 7.21. The Morgan fingerprint density at radius 2 is 2.18 bits per heavy atom. The van der Waals surface area contributed by atoms with Gasteiger partial charge in [0.1, 0.15) is 5.82 Å². The van der Waals surface area contributed by atoms with E-state index in [2.05, 4.69) is 5.32 Å². The number of nitrogens with one attached hydrogen (secondary N) is 1. The molecule has 4 nitrogen and oxygen atoms in total. The number of hydrogen-bond donors (Lipinski definition) is 1. The maximum absolute atomic E-state index is 13.2. The van der Waals surface area contributed by atoms with E-state index in [1.54, 1.807) is 6.07 Å². The van der Waals surface area contributed by atoms with Gasteiger partial charge in [-0.25, -0.2) is 4.39 Å². The Balaban J connectivity index is 1.94. The van der Waals surface area contributed by atoms with Crippen LogP contribution in [0.1, 0.15) is 22.5 Å². The molecule has 1 atom stereocenters. The van der Waals surface area contributed by atoms with Crippen molar-refractivity contribution in [2.75, 3.05) is 0 Å². The van der Waals surface area contributed by atoms with Gasteiger partial charge in [-0.1, -0.05) is 11.6 Å². The normalized spacial score (nSPS) is 15.3. The first-order valence-corrected chi connectivity index (χ1v) is 7.82. The second-order valence-corrected chi connectivity index (χ2v) is 6.53. The number of amides is 1. The van der Waals surface area contributed by atoms with Gasteiger partial charge in [0.05, 0.1) is 16.0 Å². The van der Waals surface area contributed by atoms with Crippen molar-refractivity contribution in [3.05, 3.63) is 33.9 Å². The molecule has 1 fully saturated rings. The van der Waals surface area contributed by atoms with E-state index in [1.807, 2.05) is 0 Å². The molecule has 1 aromatic carbocycles. The Kier molecular flexibility index (Phi) is 3.85. The number of fused-ring (bicyclic) bond motifs is 1. The van der Waals surface area contributed by atoms with E-state index < -0.39 is 23.4 Å². The molecular formula is C15H10ClFN2O2S. The van der Waals surface area contributed by atoms with Crippen molar-refractivity contribution < 1.29 is 14.0 Å². The number of rotatable bonds is 4. The Bertz CT molecular complexity index is 823. The number of halogens is 2. The number of Topliss-reactive ketones (excluding diaryl/α,β-unsaturated/α-hetero) is 1. The Morgan fingerprint density at radius 1 is 1.45 bits per heavy atom. The smallest absolute Gasteiger partial charge is 0.245 e. The number of carbonyl (C=O) groups is 2. The van der Waals surface area contributed by atoms with Crippen LogP contribution in [-0.2, 0) is 4.79 Å². The molecule has 0 radical (unpaired) electrons. The van der Waals surface area contributed by atoms with E-state index in [4.69, 9.17) is 16.9 Å². The summed E-state index contributed by atoms with van der Waals surface area (Å²) in [5, 5.41) is 12.5. The zero-order valence-corrected chi connectivity index (χ0v) is 12.8. The number of hydrogen-bond acceptors (Lipinski definition) is 4. The van der Waals surface area contributed by atoms with Crippen LogP contribution in [0.3, 0.4) is 0 Å². The second-order valence-electron chi connectivity index (χ2n) is 5.09. The van der Waals surface area contributed by atoms with Gasteiger partial charge in [0.15, 0.2) is 5.92 Å². The van der Waals surface area contributed by atoms with Gasteiger partial charge in [0.25, 0.3) is 0 Å². The number of ketones is 1. The fourth-order valence-corrected chi connectivity index (χ4v) is 3.60. The molecule has 1 aromatic heterocycles. The van der Waals surface area contributed by atoms with Gasteiger partial charge in [0, 0.05) is 16.1 Å². The molecule has 1 N–H and O–H groups in total. The van der Waals surface area contributed by atoms with Gasteiger partial charge >= 0.3 is 0 Å². The van der Waals surface area contributed by atoms with E-state index in [1.165, 1.54) is 18.2 Å². The topological polar surface area (TPSA) is 70.0 Å². The number of nitrogens with zero attached hydrogens (tertiary/aromatic N) is 1. The molecule has 3 rings (SSSR count). The zero-order valence-electron chi connectivity index (χ0n) is 11.2. The molecule has 1 aliphatic rings. The first kappa shape index (κ1) is 14.9. The third kappa shape index (κ3) is 2.70. The number of benzene rings is 1. The molecule has 22 heavy (non-hydrogen) atoms. The third-order valence-electron chi connectivity index (χ3n) is 3.39. The minimum absolute atomic E-state index is 0.0584. The predicted molar refractivity (Wildman–Crippen MR) is 81.4 cm³/mol. The van der Waals surface area contributed by atoms with E-state index in [-0.39, 0.29) is 15.9 Å². The lowest BCUT2D eigenvalue weighted by atomic mass is 10.0. The molecule has 1 unspecified atom stereocenters. The molecule has 0 spiro atoms. The third-order valence-corrected chi connectivity index (χ3v) is 5.06. The minimum Gasteiger partial charge on any atom is -0.352 e. The highest BCUT2D eigenvalue weighted by Gasteiger charge is 2.34. The molecule has 7 heteroatoms. The summed E-state index contributed by atoms with van der Waals surface area (Å²) in [5.74, 6) is -3.12. The van der Waals surface area contributed by atoms with E-state index in [0.717, 1.165) is 24.2 Å². The van der Waals surface area contributed by atoms with Gasteiger partial charge in [-0.3, -0.25) is 9.59 Å². The monoisotopic (exact) mass is 336 g/mol. The summed E-state index contributed by atoms with van der Waals surface area (Å²) < 4.78 is 13.8. The zero-order chi connectivity index (χ0) is 15.9. The van der Waals surface area contributed by atoms with Crippen molar-refractivity contribution in [3.63, 3.8) is 0 Å². The number of carbonyl (C=O) groups excluding carboxylic acids is 2. The van der Waals surface area contributed by atoms with Gasteiger partial charge in [-0.2, -0.15) is 5.26 Å². The van der Waals surface area contributed by atoms with Gasteiger partial charge in [-0.15, -0.1) is 11.3 Å². The minimum atomic E-state index is -1.43. The second kappa shape index (κ2) is 5.67. The van der Waals surface area contributed by atoms with Gasteiger partial charge in [0.2, 0.25) is 11.7 Å². The van der Waals surface area contributed by atoms with Crippen LogP contribution in [0.25, 0.3) is 10.1 Å². The standard InChI is InChI=1S/C15H10ClFN2O2S/c16-12-9-4-1-7(17)5-11(9)22-14(12)13(20)10(6-18)15(21)19-8-2-3-8/h1,4-5,8,10H,2-3H2,(H,19,21). The van der Waals surface area contributed by atoms with Crippen molar-refractivity contribution in [2.45, 2.75) is 18.9 Å². The lowest BCUT2D eigenvalue weighted by Gasteiger charge is -2.07. The molecule has 1 amide bonds. The maximum Gasteiger partial charge on any atom is 0.245 e. The van der Waals surface area contributed by atoms with E-state index in [9.17, 15) is 14.0 Å². The Hall–Kier alpha value is -1.97. The molecule has 1 heterocycles. The van der Waals surface area contributed by atoms with Crippen molar-refractivity contribution in [1.82, 2.24) is 5.32 Å². The van der Waals surface area contributed by atoms with Crippen LogP contribution < -0.4 is 5.32 Å². The van der Waals surface area contributed by atoms with Gasteiger partial charge < -0.3 is 5.32 Å².